The van der Waals surface area contributed by atoms with Gasteiger partial charge in [0.2, 0.25) is 0 Å². The lowest BCUT2D eigenvalue weighted by Gasteiger charge is -2.08. The Labute approximate surface area is 228 Å². The van der Waals surface area contributed by atoms with Gasteiger partial charge in [0.15, 0.2) is 0 Å². The third-order valence-corrected chi connectivity index (χ3v) is 5.88. The third-order valence-electron chi connectivity index (χ3n) is 5.88. The Balaban J connectivity index is 0.00000127. The van der Waals surface area contributed by atoms with Crippen molar-refractivity contribution in [3.8, 4) is 46.5 Å². The van der Waals surface area contributed by atoms with Crippen molar-refractivity contribution in [2.24, 2.45) is 0 Å². The van der Waals surface area contributed by atoms with Crippen molar-refractivity contribution in [2.75, 3.05) is 13.6 Å². The molecule has 2 aromatic carbocycles. The van der Waals surface area contributed by atoms with Gasteiger partial charge in [-0.05, 0) is 43.6 Å². The van der Waals surface area contributed by atoms with Crippen LogP contribution in [0.5, 0.6) is 0 Å². The maximum absolute atomic E-state index is 13.6. The van der Waals surface area contributed by atoms with Crippen LogP contribution in [-0.2, 0) is 12.7 Å². The molecule has 208 valence electrons. The predicted octanol–water partition coefficient (Wildman–Crippen LogP) is 7.21. The van der Waals surface area contributed by atoms with Crippen molar-refractivity contribution in [2.45, 2.75) is 52.9 Å². The molecule has 2 heterocycles. The largest absolute Gasteiger partial charge is 0.433 e. The first kappa shape index (κ1) is 31.3. The van der Waals surface area contributed by atoms with Gasteiger partial charge in [-0.15, -0.1) is 12.8 Å². The van der Waals surface area contributed by atoms with Crippen molar-refractivity contribution in [3.05, 3.63) is 72.1 Å². The predicted molar refractivity (Wildman–Crippen MR) is 153 cm³/mol. The quantitative estimate of drug-likeness (QED) is 0.134. The minimum atomic E-state index is -4.52. The smallest absolute Gasteiger partial charge is 0.341 e. The molecule has 0 spiro atoms. The highest BCUT2D eigenvalue weighted by atomic mass is 19.4. The first-order chi connectivity index (χ1) is 18.8. The number of hydrogen-bond acceptors (Lipinski definition) is 4. The van der Waals surface area contributed by atoms with Crippen molar-refractivity contribution in [1.82, 2.24) is 30.6 Å². The number of alkyl halides is 3. The summed E-state index contributed by atoms with van der Waals surface area (Å²) in [7, 11) is 1.88. The van der Waals surface area contributed by atoms with Crippen LogP contribution in [0.2, 0.25) is 0 Å². The van der Waals surface area contributed by atoms with E-state index in [9.17, 15) is 13.2 Å². The van der Waals surface area contributed by atoms with Gasteiger partial charge in [0, 0.05) is 5.56 Å². The van der Waals surface area contributed by atoms with Crippen LogP contribution < -0.4 is 10.6 Å². The SMILES string of the molecule is C#C.CC.CCCNCc1nc(-c2ccc(-c3ccc(-c4cnc([C@H](C)NC)[nH]4)cc3)cc2)c(C(F)(F)F)[nH]1. The van der Waals surface area contributed by atoms with E-state index in [2.05, 4.69) is 43.4 Å². The number of hydrogen-bond donors (Lipinski definition) is 4. The van der Waals surface area contributed by atoms with Gasteiger partial charge in [-0.25, -0.2) is 9.97 Å². The number of nitrogens with zero attached hydrogens (tertiary/aromatic N) is 2. The fraction of sp³-hybridized carbons (Fsp3) is 0.333. The second-order valence-corrected chi connectivity index (χ2v) is 8.43. The highest BCUT2D eigenvalue weighted by Crippen LogP contribution is 2.36. The molecule has 4 aromatic rings. The van der Waals surface area contributed by atoms with Crippen molar-refractivity contribution < 1.29 is 13.2 Å². The molecule has 0 saturated carbocycles. The number of H-pyrrole nitrogens is 2. The summed E-state index contributed by atoms with van der Waals surface area (Å²) in [5, 5.41) is 6.23. The van der Waals surface area contributed by atoms with E-state index in [0.29, 0.717) is 12.1 Å². The number of halogens is 3. The number of benzene rings is 2. The van der Waals surface area contributed by atoms with Gasteiger partial charge in [-0.2, -0.15) is 13.2 Å². The first-order valence-corrected chi connectivity index (χ1v) is 12.9. The maximum Gasteiger partial charge on any atom is 0.433 e. The second kappa shape index (κ2) is 14.9. The molecule has 39 heavy (non-hydrogen) atoms. The van der Waals surface area contributed by atoms with Crippen LogP contribution in [-0.4, -0.2) is 33.5 Å². The summed E-state index contributed by atoms with van der Waals surface area (Å²) in [5.74, 6) is 1.13. The maximum atomic E-state index is 13.6. The molecule has 1 atom stereocenters. The molecule has 0 bridgehead atoms. The van der Waals surface area contributed by atoms with Crippen LogP contribution in [0.25, 0.3) is 33.6 Å². The van der Waals surface area contributed by atoms with Crippen molar-refractivity contribution in [3.63, 3.8) is 0 Å². The Bertz CT molecular complexity index is 1280. The molecule has 0 radical (unpaired) electrons. The third kappa shape index (κ3) is 8.06. The van der Waals surface area contributed by atoms with Crippen LogP contribution in [0.15, 0.2) is 54.7 Å². The fourth-order valence-corrected chi connectivity index (χ4v) is 3.81. The second-order valence-electron chi connectivity index (χ2n) is 8.43. The minimum Gasteiger partial charge on any atom is -0.341 e. The molecular formula is C30H37F3N6. The average molecular weight is 539 g/mol. The zero-order chi connectivity index (χ0) is 29.0. The van der Waals surface area contributed by atoms with E-state index in [0.717, 1.165) is 34.6 Å². The molecular weight excluding hydrogens is 501 g/mol. The molecule has 0 saturated heterocycles. The summed E-state index contributed by atoms with van der Waals surface area (Å²) in [6.07, 6.45) is 6.18. The standard InChI is InChI=1S/C26H29F3N6.C2H6.C2H2/c1-4-13-31-15-22-34-23(24(35-22)26(27,28)29)20-11-7-18(8-12-20)17-5-9-19(10-6-17)21-14-32-25(33-21)16(2)30-3;2*1-2/h5-12,14,16,30-31H,4,13,15H2,1-3H3,(H,32,33)(H,34,35);1-2H3;1-2H/t16-;;/m0../s1. The summed E-state index contributed by atoms with van der Waals surface area (Å²) < 4.78 is 40.9. The molecule has 4 N–H and O–H groups in total. The Hall–Kier alpha value is -3.87. The topological polar surface area (TPSA) is 81.4 Å². The zero-order valence-electron chi connectivity index (χ0n) is 23.1. The lowest BCUT2D eigenvalue weighted by Crippen LogP contribution is -2.15. The van der Waals surface area contributed by atoms with E-state index in [-0.39, 0.29) is 24.1 Å². The number of aromatic amines is 2. The van der Waals surface area contributed by atoms with Gasteiger partial charge in [0.25, 0.3) is 0 Å². The molecule has 0 aliphatic rings. The highest BCUT2D eigenvalue weighted by molar-refractivity contribution is 5.72. The first-order valence-electron chi connectivity index (χ1n) is 12.9. The van der Waals surface area contributed by atoms with Gasteiger partial charge in [-0.3, -0.25) is 0 Å². The van der Waals surface area contributed by atoms with Crippen LogP contribution in [0.4, 0.5) is 13.2 Å². The van der Waals surface area contributed by atoms with Crippen LogP contribution in [0.1, 0.15) is 57.5 Å². The summed E-state index contributed by atoms with van der Waals surface area (Å²) in [5.41, 5.74) is 3.30. The van der Waals surface area contributed by atoms with Gasteiger partial charge < -0.3 is 20.6 Å². The summed E-state index contributed by atoms with van der Waals surface area (Å²) in [6.45, 7) is 8.99. The molecule has 0 aliphatic heterocycles. The monoisotopic (exact) mass is 538 g/mol. The number of terminal acetylenes is 1. The number of nitrogens with one attached hydrogen (secondary N) is 4. The van der Waals surface area contributed by atoms with Crippen molar-refractivity contribution in [1.29, 1.82) is 0 Å². The lowest BCUT2D eigenvalue weighted by molar-refractivity contribution is -0.140. The van der Waals surface area contributed by atoms with E-state index in [4.69, 9.17) is 0 Å². The summed E-state index contributed by atoms with van der Waals surface area (Å²) in [6, 6.07) is 15.1. The Morgan fingerprint density at radius 2 is 1.44 bits per heavy atom. The average Bonchev–Trinajstić information content (AvgIpc) is 3.64. The molecule has 4 rings (SSSR count). The molecule has 0 amide bonds. The van der Waals surface area contributed by atoms with Crippen LogP contribution in [0, 0.1) is 12.8 Å². The van der Waals surface area contributed by atoms with Gasteiger partial charge >= 0.3 is 6.18 Å². The minimum absolute atomic E-state index is 0.0847. The molecule has 0 fully saturated rings. The number of aromatic nitrogens is 4. The van der Waals surface area contributed by atoms with Gasteiger partial charge in [-0.1, -0.05) is 69.3 Å². The summed E-state index contributed by atoms with van der Waals surface area (Å²) in [4.78, 5) is 14.4. The molecule has 0 unspecified atom stereocenters. The molecule has 6 nitrogen and oxygen atoms in total. The Morgan fingerprint density at radius 1 is 0.897 bits per heavy atom. The zero-order valence-corrected chi connectivity index (χ0v) is 23.1. The van der Waals surface area contributed by atoms with Gasteiger partial charge in [0.1, 0.15) is 23.0 Å². The molecule has 0 aliphatic carbocycles. The number of imidazole rings is 2. The fourth-order valence-electron chi connectivity index (χ4n) is 3.81. The van der Waals surface area contributed by atoms with Gasteiger partial charge in [0.05, 0.1) is 24.5 Å². The highest BCUT2D eigenvalue weighted by Gasteiger charge is 2.37. The number of rotatable bonds is 9. The van der Waals surface area contributed by atoms with Crippen LogP contribution in [0.3, 0.4) is 0 Å². The Kier molecular flexibility index (Phi) is 12.0. The lowest BCUT2D eigenvalue weighted by atomic mass is 10.0. The van der Waals surface area contributed by atoms with Crippen LogP contribution >= 0.6 is 0 Å². The Morgan fingerprint density at radius 3 is 1.95 bits per heavy atom. The van der Waals surface area contributed by atoms with E-state index >= 15 is 0 Å². The van der Waals surface area contributed by atoms with Crippen molar-refractivity contribution >= 4 is 0 Å². The van der Waals surface area contributed by atoms with E-state index < -0.39 is 11.9 Å². The van der Waals surface area contributed by atoms with E-state index in [1.54, 1.807) is 18.3 Å². The van der Waals surface area contributed by atoms with E-state index in [1.165, 1.54) is 0 Å². The summed E-state index contributed by atoms with van der Waals surface area (Å²) >= 11 is 0. The molecule has 9 heteroatoms. The normalized spacial score (nSPS) is 11.6. The molecule has 2 aromatic heterocycles. The van der Waals surface area contributed by atoms with E-state index in [1.807, 2.05) is 71.1 Å².